The van der Waals surface area contributed by atoms with E-state index in [1.807, 2.05) is 85.0 Å². The molecule has 0 amide bonds. The number of nitrogens with zero attached hydrogens (tertiary/aromatic N) is 2. The topological polar surface area (TPSA) is 99.9 Å². The van der Waals surface area contributed by atoms with Crippen LogP contribution in [0.3, 0.4) is 0 Å². The van der Waals surface area contributed by atoms with Crippen molar-refractivity contribution in [3.8, 4) is 0 Å². The minimum atomic E-state index is -0.624. The summed E-state index contributed by atoms with van der Waals surface area (Å²) in [4.78, 5) is 25.9. The van der Waals surface area contributed by atoms with Crippen LogP contribution in [0.5, 0.6) is 0 Å². The number of aliphatic imine (C=N–C) groups is 2. The average molecular weight is 1560 g/mol. The van der Waals surface area contributed by atoms with E-state index in [9.17, 15) is 0 Å². The monoisotopic (exact) mass is 1550 g/mol. The molecule has 0 fully saturated rings. The van der Waals surface area contributed by atoms with Gasteiger partial charge < -0.3 is 25.3 Å². The van der Waals surface area contributed by atoms with E-state index in [2.05, 4.69) is 25.3 Å². The number of allylic oxidation sites excluding steroid dienone is 5. The molecule has 0 aliphatic carbocycles. The Morgan fingerprint density at radius 3 is 0.888 bits per heavy atom. The van der Waals surface area contributed by atoms with Gasteiger partial charge in [-0.05, 0) is 164 Å². The Bertz CT molecular complexity index is 5660. The van der Waals surface area contributed by atoms with Crippen molar-refractivity contribution in [1.82, 2.24) is 25.3 Å². The summed E-state index contributed by atoms with van der Waals surface area (Å²) in [5, 5.41) is 11.4. The third-order valence-electron chi connectivity index (χ3n) is 17.1. The van der Waals surface area contributed by atoms with Gasteiger partial charge in [0.25, 0.3) is 0 Å². The number of nitrogens with one attached hydrogen (secondary N) is 5. The third-order valence-corrected chi connectivity index (χ3v) is 21.5. The lowest BCUT2D eigenvalue weighted by atomic mass is 9.98. The van der Waals surface area contributed by atoms with Crippen LogP contribution < -0.4 is 26.7 Å². The second kappa shape index (κ2) is 27.4. The van der Waals surface area contributed by atoms with E-state index < -0.39 is 6.04 Å². The van der Waals surface area contributed by atoms with Crippen LogP contribution >= 0.6 is 162 Å². The molecule has 4 aliphatic heterocycles. The molecule has 8 heterocycles. The Hall–Kier alpha value is -7.22. The fourth-order valence-electron chi connectivity index (χ4n) is 12.9. The number of aromatic amines is 4. The highest BCUT2D eigenvalue weighted by Crippen LogP contribution is 2.46. The number of fused-ring (bicyclic) bond motifs is 12. The van der Waals surface area contributed by atoms with E-state index in [0.29, 0.717) is 221 Å². The summed E-state index contributed by atoms with van der Waals surface area (Å²) in [7, 11) is 0. The Kier molecular flexibility index (Phi) is 18.6. The number of benzene rings is 7. The van der Waals surface area contributed by atoms with Crippen LogP contribution in [-0.4, -0.2) is 37.4 Å². The molecule has 0 spiro atoms. The van der Waals surface area contributed by atoms with Crippen LogP contribution in [0.2, 0.25) is 70.3 Å². The van der Waals surface area contributed by atoms with Crippen LogP contribution in [0, 0.1) is 0 Å². The molecule has 0 saturated heterocycles. The highest BCUT2D eigenvalue weighted by atomic mass is 35.5. The smallest absolute Gasteiger partial charge is 0.0738 e. The third kappa shape index (κ3) is 12.1. The number of hydrogen-bond donors (Lipinski definition) is 5. The Labute approximate surface area is 630 Å². The first-order chi connectivity index (χ1) is 47.4. The van der Waals surface area contributed by atoms with Crippen molar-refractivity contribution in [2.45, 2.75) is 6.04 Å². The summed E-state index contributed by atoms with van der Waals surface area (Å²) in [6.45, 7) is 0. The van der Waals surface area contributed by atoms with Crippen LogP contribution in [0.25, 0.3) is 39.0 Å². The summed E-state index contributed by atoms with van der Waals surface area (Å²) in [6.07, 6.45) is 11.6. The molecule has 482 valence electrons. The van der Waals surface area contributed by atoms with Crippen molar-refractivity contribution in [2.75, 3.05) is 0 Å². The van der Waals surface area contributed by atoms with Crippen molar-refractivity contribution in [1.29, 1.82) is 0 Å². The molecule has 1 atom stereocenters. The Balaban J connectivity index is 1.09. The largest absolute Gasteiger partial charge is 0.374 e. The maximum absolute atomic E-state index is 7.30. The zero-order valence-electron chi connectivity index (χ0n) is 50.0. The van der Waals surface area contributed by atoms with Crippen LogP contribution in [0.4, 0.5) is 0 Å². The molecule has 98 heavy (non-hydrogen) atoms. The number of H-pyrrole nitrogens is 4. The highest BCUT2D eigenvalue weighted by molar-refractivity contribution is 6.45. The van der Waals surface area contributed by atoms with Crippen molar-refractivity contribution in [3.05, 3.63) is 383 Å². The zero-order chi connectivity index (χ0) is 67.9. The molecule has 0 saturated carbocycles. The van der Waals surface area contributed by atoms with Gasteiger partial charge in [-0.25, -0.2) is 9.98 Å². The van der Waals surface area contributed by atoms with Gasteiger partial charge in [-0.15, -0.1) is 0 Å². The lowest BCUT2D eigenvalue weighted by Gasteiger charge is -2.20. The van der Waals surface area contributed by atoms with Gasteiger partial charge in [-0.1, -0.05) is 211 Å². The molecule has 0 radical (unpaired) electrons. The van der Waals surface area contributed by atoms with Gasteiger partial charge in [0.15, 0.2) is 0 Å². The molecule has 15 rings (SSSR count). The lowest BCUT2D eigenvalue weighted by molar-refractivity contribution is 0.855. The first-order valence-corrected chi connectivity index (χ1v) is 35.3. The summed E-state index contributed by atoms with van der Waals surface area (Å²) in [6, 6.07) is 52.3. The lowest BCUT2D eigenvalue weighted by Crippen LogP contribution is -2.30. The predicted octanol–water partition coefficient (Wildman–Crippen LogP) is 22.2. The molecule has 7 nitrogen and oxygen atoms in total. The van der Waals surface area contributed by atoms with Gasteiger partial charge >= 0.3 is 0 Å². The van der Waals surface area contributed by atoms with Gasteiger partial charge in [0.05, 0.1) is 89.1 Å². The fourth-order valence-corrected chi connectivity index (χ4v) is 17.0. The van der Waals surface area contributed by atoms with Crippen molar-refractivity contribution in [3.63, 3.8) is 0 Å². The van der Waals surface area contributed by atoms with E-state index in [1.165, 1.54) is 0 Å². The zero-order valence-corrected chi connectivity index (χ0v) is 60.6. The maximum atomic E-state index is 7.30. The average Bonchev–Trinajstić information content (AvgIpc) is 1.60. The molecule has 4 aromatic heterocycles. The van der Waals surface area contributed by atoms with E-state index >= 15 is 0 Å². The minimum absolute atomic E-state index is 0.358. The van der Waals surface area contributed by atoms with Gasteiger partial charge in [0.1, 0.15) is 0 Å². The maximum Gasteiger partial charge on any atom is 0.0738 e. The number of rotatable bonds is 7. The number of aromatic nitrogens is 4. The van der Waals surface area contributed by atoms with E-state index in [1.54, 1.807) is 127 Å². The first-order valence-electron chi connectivity index (χ1n) is 30.0. The Morgan fingerprint density at radius 2 is 0.520 bits per heavy atom. The van der Waals surface area contributed by atoms with Crippen LogP contribution in [0.1, 0.15) is 61.7 Å². The molecule has 5 N–H and O–H groups in total. The molecule has 11 aromatic rings. The van der Waals surface area contributed by atoms with Gasteiger partial charge in [0, 0.05) is 138 Å². The highest BCUT2D eigenvalue weighted by Gasteiger charge is 2.32. The molecular weight excluding hydrogens is 1520 g/mol. The molecular formula is C77H41Cl14N7. The van der Waals surface area contributed by atoms with E-state index in [-0.39, 0.29) is 0 Å². The Morgan fingerprint density at radius 1 is 0.245 bits per heavy atom. The van der Waals surface area contributed by atoms with Crippen molar-refractivity contribution < 1.29 is 0 Å². The SMILES string of the molecule is Clc1cccc(Cl)c1C1=C2C=CC(=N2)C(c2c(Cl)cccc2Cl)=c2ccc([nH]2)=C(c2c(Cl)cccc2Cl)c2ccc([nH]2)C(c2c(Cl)cccc2Cl)=C2C=CC(=N2)C(c2c(Cl)cccc2Cl)=c2ccc([nH]2)=C(c2c(Cl)cccc2Cl)C2C=CC(=C(c3c(Cl)cccc3Cl)c3ccc1[nH]3)N2. The summed E-state index contributed by atoms with van der Waals surface area (Å²) in [5.74, 6) is 0. The first kappa shape index (κ1) is 66.6. The fraction of sp³-hybridized carbons (Fsp3) is 0.0130. The predicted molar refractivity (Wildman–Crippen MR) is 413 cm³/mol. The molecule has 1 unspecified atom stereocenters. The quantitative estimate of drug-likeness (QED) is 0.108. The summed E-state index contributed by atoms with van der Waals surface area (Å²) < 4.78 is 0. The van der Waals surface area contributed by atoms with Crippen molar-refractivity contribution in [2.24, 2.45) is 9.98 Å². The normalized spacial score (nSPS) is 15.4. The standard InChI is InChI=1S/C77H41Cl14N7/c78-36-8-1-9-37(79)64(36)71-50-22-24-52(92-50)72(65-38(80)10-2-11-39(65)81)54-26-28-56(94-54)74(67-42(84)14-4-15-43(67)85)58-30-32-60(96-58)76(69-46(88)18-6-19-47(69)89)62-34-35-63(98-62)77(70-48(90)20-7-21-49(70)91)61-33-31-59(97-61)75(68-44(86)16-5-17-45(68)87)57-29-27-55(95-57)73(53-25-23-51(71)93-53)66-40(82)12-3-13-41(66)83/h1-35,50,92-94,97-98H. The summed E-state index contributed by atoms with van der Waals surface area (Å²) >= 11 is 102. The number of halogens is 14. The minimum Gasteiger partial charge on any atom is -0.374 e. The number of hydrogen-bond acceptors (Lipinski definition) is 3. The van der Waals surface area contributed by atoms with E-state index in [0.717, 1.165) is 0 Å². The summed E-state index contributed by atoms with van der Waals surface area (Å²) in [5.41, 5.74) is 12.6. The van der Waals surface area contributed by atoms with E-state index in [4.69, 9.17) is 172 Å². The van der Waals surface area contributed by atoms with Crippen LogP contribution in [0.15, 0.2) is 239 Å². The van der Waals surface area contributed by atoms with Gasteiger partial charge in [-0.2, -0.15) is 0 Å². The molecule has 21 heteroatoms. The molecule has 14 bridgehead atoms. The molecule has 7 aromatic carbocycles. The van der Waals surface area contributed by atoms with Gasteiger partial charge in [0.2, 0.25) is 0 Å². The second-order valence-electron chi connectivity index (χ2n) is 22.8. The van der Waals surface area contributed by atoms with Crippen molar-refractivity contribution >= 4 is 213 Å². The second-order valence-corrected chi connectivity index (χ2v) is 28.5. The van der Waals surface area contributed by atoms with Crippen LogP contribution in [-0.2, 0) is 0 Å². The molecule has 4 aliphatic rings. The van der Waals surface area contributed by atoms with Gasteiger partial charge in [-0.3, -0.25) is 0 Å².